The van der Waals surface area contributed by atoms with E-state index in [9.17, 15) is 0 Å². The van der Waals surface area contributed by atoms with E-state index >= 15 is 0 Å². The number of hydrogen-bond acceptors (Lipinski definition) is 3. The number of hydrogen-bond donors (Lipinski definition) is 1. The van der Waals surface area contributed by atoms with E-state index in [1.54, 1.807) is 4.68 Å². The molecule has 0 spiro atoms. The predicted molar refractivity (Wildman–Crippen MR) is 38.7 cm³/mol. The molecule has 0 aliphatic rings. The first-order valence-electron chi connectivity index (χ1n) is 2.99. The van der Waals surface area contributed by atoms with Crippen LogP contribution in [0.3, 0.4) is 0 Å². The van der Waals surface area contributed by atoms with Gasteiger partial charge < -0.3 is 5.73 Å². The van der Waals surface area contributed by atoms with Crippen molar-refractivity contribution in [2.75, 3.05) is 0 Å². The first kappa shape index (κ1) is 7.50. The van der Waals surface area contributed by atoms with Gasteiger partial charge in [-0.05, 0) is 6.92 Å². The molecule has 0 bridgehead atoms. The number of nitrogens with two attached hydrogens (primary N) is 1. The molecule has 0 saturated carbocycles. The summed E-state index contributed by atoms with van der Waals surface area (Å²) >= 11 is 5.67. The van der Waals surface area contributed by atoms with Gasteiger partial charge >= 0.3 is 0 Å². The van der Waals surface area contributed by atoms with Gasteiger partial charge in [0.25, 0.3) is 0 Å². The fraction of sp³-hybridized carbons (Fsp3) is 0.600. The Labute approximate surface area is 64.0 Å². The van der Waals surface area contributed by atoms with Crippen molar-refractivity contribution in [3.63, 3.8) is 0 Å². The van der Waals surface area contributed by atoms with Crippen molar-refractivity contribution in [2.45, 2.75) is 19.5 Å². The molecule has 1 rings (SSSR count). The van der Waals surface area contributed by atoms with Crippen LogP contribution in [0.5, 0.6) is 0 Å². The van der Waals surface area contributed by atoms with Crippen molar-refractivity contribution in [2.24, 2.45) is 5.73 Å². The summed E-state index contributed by atoms with van der Waals surface area (Å²) in [7, 11) is 0. The maximum Gasteiger partial charge on any atom is 0.147 e. The second kappa shape index (κ2) is 2.98. The summed E-state index contributed by atoms with van der Waals surface area (Å²) in [5.41, 5.74) is 5.51. The van der Waals surface area contributed by atoms with Gasteiger partial charge in [0.1, 0.15) is 5.15 Å². The van der Waals surface area contributed by atoms with E-state index in [1.807, 2.05) is 6.92 Å². The maximum absolute atomic E-state index is 5.67. The van der Waals surface area contributed by atoms with Crippen LogP contribution in [-0.4, -0.2) is 21.0 Å². The highest BCUT2D eigenvalue weighted by Gasteiger charge is 2.01. The average Bonchev–Trinajstić information content (AvgIpc) is 2.15. The smallest absolute Gasteiger partial charge is 0.147 e. The Morgan fingerprint density at radius 2 is 2.60 bits per heavy atom. The summed E-state index contributed by atoms with van der Waals surface area (Å²) in [6.07, 6.45) is 1.49. The number of aromatic nitrogens is 3. The van der Waals surface area contributed by atoms with Crippen molar-refractivity contribution in [3.8, 4) is 0 Å². The Balaban J connectivity index is 2.65. The zero-order chi connectivity index (χ0) is 7.56. The van der Waals surface area contributed by atoms with Crippen LogP contribution < -0.4 is 5.73 Å². The number of nitrogens with zero attached hydrogens (tertiary/aromatic N) is 3. The lowest BCUT2D eigenvalue weighted by atomic mass is 10.4. The van der Waals surface area contributed by atoms with E-state index in [-0.39, 0.29) is 6.04 Å². The lowest BCUT2D eigenvalue weighted by Crippen LogP contribution is -2.22. The van der Waals surface area contributed by atoms with E-state index in [0.29, 0.717) is 11.7 Å². The zero-order valence-electron chi connectivity index (χ0n) is 5.66. The van der Waals surface area contributed by atoms with Gasteiger partial charge in [-0.15, -0.1) is 5.10 Å². The van der Waals surface area contributed by atoms with Gasteiger partial charge in [0, 0.05) is 6.04 Å². The lowest BCUT2D eigenvalue weighted by Gasteiger charge is -2.03. The normalized spacial score (nSPS) is 13.5. The van der Waals surface area contributed by atoms with Crippen molar-refractivity contribution >= 4 is 11.6 Å². The van der Waals surface area contributed by atoms with Gasteiger partial charge in [-0.2, -0.15) is 0 Å². The molecule has 0 fully saturated rings. The molecule has 0 aliphatic carbocycles. The van der Waals surface area contributed by atoms with Crippen LogP contribution in [0.2, 0.25) is 5.15 Å². The number of halogens is 1. The van der Waals surface area contributed by atoms with Gasteiger partial charge in [0.05, 0.1) is 12.7 Å². The van der Waals surface area contributed by atoms with Gasteiger partial charge in [0.15, 0.2) is 0 Å². The first-order chi connectivity index (χ1) is 4.70. The third-order valence-electron chi connectivity index (χ3n) is 1.03. The largest absolute Gasteiger partial charge is 0.326 e. The second-order valence-electron chi connectivity index (χ2n) is 2.22. The molecule has 0 aliphatic heterocycles. The Morgan fingerprint density at radius 3 is 3.00 bits per heavy atom. The third kappa shape index (κ3) is 1.68. The molecule has 2 N–H and O–H groups in total. The Morgan fingerprint density at radius 1 is 1.90 bits per heavy atom. The summed E-state index contributed by atoms with van der Waals surface area (Å²) in [6, 6.07) is 0.0548. The molecule has 10 heavy (non-hydrogen) atoms. The van der Waals surface area contributed by atoms with Gasteiger partial charge in [-0.1, -0.05) is 16.8 Å². The van der Waals surface area contributed by atoms with Crippen LogP contribution >= 0.6 is 11.6 Å². The van der Waals surface area contributed by atoms with E-state index in [4.69, 9.17) is 17.3 Å². The molecular weight excluding hydrogens is 152 g/mol. The van der Waals surface area contributed by atoms with Gasteiger partial charge in [-0.25, -0.2) is 4.68 Å². The fourth-order valence-electron chi connectivity index (χ4n) is 0.642. The summed E-state index contributed by atoms with van der Waals surface area (Å²) in [5.74, 6) is 0. The minimum atomic E-state index is 0.0548. The molecule has 0 saturated heterocycles. The Hall–Kier alpha value is -0.610. The molecule has 1 aromatic rings. The average molecular weight is 161 g/mol. The molecule has 4 nitrogen and oxygen atoms in total. The predicted octanol–water partition coefficient (Wildman–Crippen LogP) is 0.279. The molecule has 1 atom stereocenters. The van der Waals surface area contributed by atoms with Crippen molar-refractivity contribution in [3.05, 3.63) is 11.3 Å². The Bertz CT molecular complexity index is 207. The molecule has 0 radical (unpaired) electrons. The molecular formula is C5H9ClN4. The van der Waals surface area contributed by atoms with Gasteiger partial charge in [-0.3, -0.25) is 0 Å². The van der Waals surface area contributed by atoms with Crippen LogP contribution in [0.15, 0.2) is 6.20 Å². The Kier molecular flexibility index (Phi) is 2.24. The minimum absolute atomic E-state index is 0.0548. The van der Waals surface area contributed by atoms with Crippen LogP contribution in [0, 0.1) is 0 Å². The first-order valence-corrected chi connectivity index (χ1v) is 3.37. The minimum Gasteiger partial charge on any atom is -0.326 e. The van der Waals surface area contributed by atoms with Crippen LogP contribution in [0.4, 0.5) is 0 Å². The molecule has 0 aromatic carbocycles. The molecule has 1 aromatic heterocycles. The highest BCUT2D eigenvalue weighted by atomic mass is 35.5. The van der Waals surface area contributed by atoms with E-state index in [1.165, 1.54) is 6.20 Å². The summed E-state index contributed by atoms with van der Waals surface area (Å²) in [5, 5.41) is 7.84. The van der Waals surface area contributed by atoms with Gasteiger partial charge in [0.2, 0.25) is 0 Å². The highest BCUT2D eigenvalue weighted by Crippen LogP contribution is 2.03. The van der Waals surface area contributed by atoms with Crippen LogP contribution in [0.25, 0.3) is 0 Å². The van der Waals surface area contributed by atoms with Crippen molar-refractivity contribution in [1.82, 2.24) is 15.0 Å². The molecule has 56 valence electrons. The SMILES string of the molecule is CC(N)Cn1nncc1Cl. The van der Waals surface area contributed by atoms with Crippen molar-refractivity contribution < 1.29 is 0 Å². The number of rotatable bonds is 2. The van der Waals surface area contributed by atoms with Crippen LogP contribution in [-0.2, 0) is 6.54 Å². The lowest BCUT2D eigenvalue weighted by molar-refractivity contribution is 0.523. The van der Waals surface area contributed by atoms with Crippen LogP contribution in [0.1, 0.15) is 6.92 Å². The molecule has 0 amide bonds. The molecule has 1 unspecified atom stereocenters. The second-order valence-corrected chi connectivity index (χ2v) is 2.60. The van der Waals surface area contributed by atoms with E-state index in [2.05, 4.69) is 10.3 Å². The van der Waals surface area contributed by atoms with Crippen molar-refractivity contribution in [1.29, 1.82) is 0 Å². The fourth-order valence-corrected chi connectivity index (χ4v) is 0.788. The summed E-state index contributed by atoms with van der Waals surface area (Å²) in [4.78, 5) is 0. The third-order valence-corrected chi connectivity index (χ3v) is 1.32. The van der Waals surface area contributed by atoms with E-state index in [0.717, 1.165) is 0 Å². The molecule has 5 heteroatoms. The zero-order valence-corrected chi connectivity index (χ0v) is 6.41. The van der Waals surface area contributed by atoms with E-state index < -0.39 is 0 Å². The standard InChI is InChI=1S/C5H9ClN4/c1-4(7)3-10-5(6)2-8-9-10/h2,4H,3,7H2,1H3. The summed E-state index contributed by atoms with van der Waals surface area (Å²) in [6.45, 7) is 2.50. The maximum atomic E-state index is 5.67. The summed E-state index contributed by atoms with van der Waals surface area (Å²) < 4.78 is 1.56. The quantitative estimate of drug-likeness (QED) is 0.676. The highest BCUT2D eigenvalue weighted by molar-refractivity contribution is 6.29. The monoisotopic (exact) mass is 160 g/mol. The topological polar surface area (TPSA) is 56.7 Å². The molecule has 1 heterocycles.